The Hall–Kier alpha value is -1.71. The van der Waals surface area contributed by atoms with Crippen molar-refractivity contribution in [2.75, 3.05) is 25.1 Å². The maximum Gasteiger partial charge on any atom is 0.206 e. The lowest BCUT2D eigenvalue weighted by Crippen LogP contribution is -2.32. The Kier molecular flexibility index (Phi) is 2.83. The van der Waals surface area contributed by atoms with Crippen LogP contribution in [0.4, 0.5) is 5.95 Å². The van der Waals surface area contributed by atoms with E-state index in [1.807, 2.05) is 0 Å². The van der Waals surface area contributed by atoms with Gasteiger partial charge in [0.2, 0.25) is 5.95 Å². The highest BCUT2D eigenvalue weighted by Crippen LogP contribution is 2.34. The quantitative estimate of drug-likeness (QED) is 0.841. The third-order valence-corrected chi connectivity index (χ3v) is 4.58. The summed E-state index contributed by atoms with van der Waals surface area (Å²) in [5, 5.41) is 0. The second-order valence-electron chi connectivity index (χ2n) is 5.87. The van der Waals surface area contributed by atoms with Crippen molar-refractivity contribution >= 4 is 17.0 Å². The second kappa shape index (κ2) is 4.69. The Labute approximate surface area is 119 Å². The van der Waals surface area contributed by atoms with Gasteiger partial charge in [0, 0.05) is 25.7 Å². The number of rotatable bonds is 2. The maximum atomic E-state index is 5.42. The van der Waals surface area contributed by atoms with Gasteiger partial charge in [-0.05, 0) is 43.7 Å². The highest BCUT2D eigenvalue weighted by Gasteiger charge is 2.23. The van der Waals surface area contributed by atoms with E-state index in [2.05, 4.69) is 21.6 Å². The van der Waals surface area contributed by atoms with Crippen LogP contribution in [-0.4, -0.2) is 29.8 Å². The molecule has 2 aromatic rings. The zero-order chi connectivity index (χ0) is 13.5. The van der Waals surface area contributed by atoms with Gasteiger partial charge in [-0.2, -0.15) is 0 Å². The minimum Gasteiger partial charge on any atom is -0.497 e. The predicted octanol–water partition coefficient (Wildman–Crippen LogP) is 2.98. The molecule has 1 saturated heterocycles. The van der Waals surface area contributed by atoms with E-state index in [4.69, 9.17) is 9.72 Å². The van der Waals surface area contributed by atoms with Gasteiger partial charge in [-0.25, -0.2) is 4.98 Å². The number of hydrogen-bond acceptors (Lipinski definition) is 3. The second-order valence-corrected chi connectivity index (χ2v) is 5.87. The lowest BCUT2D eigenvalue weighted by atomic mass is 10.0. The molecule has 2 aliphatic heterocycles. The van der Waals surface area contributed by atoms with Gasteiger partial charge in [0.05, 0.1) is 18.1 Å². The zero-order valence-electron chi connectivity index (χ0n) is 12.1. The van der Waals surface area contributed by atoms with Crippen LogP contribution in [0.25, 0.3) is 11.0 Å². The third-order valence-electron chi connectivity index (χ3n) is 4.58. The standard InChI is InChI=1S/C16H21N3O/c1-20-13-10-12-6-5-9-19-15(12)14(11-13)17-16(19)18-7-3-2-4-8-18/h10-11H,2-9H2,1H3. The molecule has 106 valence electrons. The smallest absolute Gasteiger partial charge is 0.206 e. The molecule has 0 atom stereocenters. The maximum absolute atomic E-state index is 5.42. The Balaban J connectivity index is 1.88. The number of imidazole rings is 1. The molecule has 4 nitrogen and oxygen atoms in total. The van der Waals surface area contributed by atoms with E-state index in [0.717, 1.165) is 37.3 Å². The number of benzene rings is 1. The Morgan fingerprint density at radius 2 is 1.90 bits per heavy atom. The van der Waals surface area contributed by atoms with E-state index in [0.29, 0.717) is 0 Å². The summed E-state index contributed by atoms with van der Waals surface area (Å²) < 4.78 is 7.85. The van der Waals surface area contributed by atoms with Crippen molar-refractivity contribution in [3.8, 4) is 5.75 Å². The number of ether oxygens (including phenoxy) is 1. The van der Waals surface area contributed by atoms with Gasteiger partial charge in [0.15, 0.2) is 0 Å². The Morgan fingerprint density at radius 1 is 1.05 bits per heavy atom. The van der Waals surface area contributed by atoms with E-state index >= 15 is 0 Å². The largest absolute Gasteiger partial charge is 0.497 e. The van der Waals surface area contributed by atoms with Crippen molar-refractivity contribution in [1.29, 1.82) is 0 Å². The summed E-state index contributed by atoms with van der Waals surface area (Å²) in [4.78, 5) is 7.39. The van der Waals surface area contributed by atoms with E-state index in [1.165, 1.54) is 42.7 Å². The van der Waals surface area contributed by atoms with Crippen molar-refractivity contribution in [2.24, 2.45) is 0 Å². The first-order valence-corrected chi connectivity index (χ1v) is 7.69. The molecule has 0 aliphatic carbocycles. The van der Waals surface area contributed by atoms with Crippen LogP contribution in [0.5, 0.6) is 5.75 Å². The van der Waals surface area contributed by atoms with E-state index < -0.39 is 0 Å². The molecule has 3 heterocycles. The fraction of sp³-hybridized carbons (Fsp3) is 0.562. The number of aromatic nitrogens is 2. The summed E-state index contributed by atoms with van der Waals surface area (Å²) in [6.07, 6.45) is 6.28. The Bertz CT molecular complexity index is 641. The molecule has 4 heteroatoms. The molecule has 0 N–H and O–H groups in total. The molecule has 0 spiro atoms. The fourth-order valence-electron chi connectivity index (χ4n) is 3.60. The van der Waals surface area contributed by atoms with Crippen LogP contribution in [0, 0.1) is 0 Å². The molecule has 20 heavy (non-hydrogen) atoms. The highest BCUT2D eigenvalue weighted by molar-refractivity contribution is 5.84. The first-order chi connectivity index (χ1) is 9.86. The molecule has 4 rings (SSSR count). The SMILES string of the molecule is COc1cc2c3c(c1)nc(N1CCCCC1)n3CCC2. The third kappa shape index (κ3) is 1.78. The first-order valence-electron chi connectivity index (χ1n) is 7.69. The van der Waals surface area contributed by atoms with E-state index in [-0.39, 0.29) is 0 Å². The van der Waals surface area contributed by atoms with E-state index in [1.54, 1.807) is 7.11 Å². The van der Waals surface area contributed by atoms with Crippen molar-refractivity contribution in [3.05, 3.63) is 17.7 Å². The molecular weight excluding hydrogens is 250 g/mol. The van der Waals surface area contributed by atoms with Crippen LogP contribution in [-0.2, 0) is 13.0 Å². The number of nitrogens with zero attached hydrogens (tertiary/aromatic N) is 3. The number of methoxy groups -OCH3 is 1. The molecule has 1 aromatic heterocycles. The number of hydrogen-bond donors (Lipinski definition) is 0. The number of aryl methyl sites for hydroxylation is 2. The molecule has 0 amide bonds. The predicted molar refractivity (Wildman–Crippen MR) is 80.7 cm³/mol. The molecule has 1 fully saturated rings. The lowest BCUT2D eigenvalue weighted by Gasteiger charge is -2.29. The molecule has 0 radical (unpaired) electrons. The average Bonchev–Trinajstić information content (AvgIpc) is 2.89. The summed E-state index contributed by atoms with van der Waals surface area (Å²) >= 11 is 0. The topological polar surface area (TPSA) is 30.3 Å². The van der Waals surface area contributed by atoms with Gasteiger partial charge in [0.1, 0.15) is 5.75 Å². The molecule has 0 unspecified atom stereocenters. The summed E-state index contributed by atoms with van der Waals surface area (Å²) in [6, 6.07) is 4.26. The summed E-state index contributed by atoms with van der Waals surface area (Å²) in [6.45, 7) is 3.40. The number of piperidine rings is 1. The highest BCUT2D eigenvalue weighted by atomic mass is 16.5. The summed E-state index contributed by atoms with van der Waals surface area (Å²) in [5.74, 6) is 2.11. The van der Waals surface area contributed by atoms with Gasteiger partial charge < -0.3 is 14.2 Å². The number of anilines is 1. The van der Waals surface area contributed by atoms with Gasteiger partial charge in [0.25, 0.3) is 0 Å². The molecule has 2 aliphatic rings. The normalized spacial score (nSPS) is 18.6. The van der Waals surface area contributed by atoms with Crippen LogP contribution < -0.4 is 9.64 Å². The van der Waals surface area contributed by atoms with Gasteiger partial charge >= 0.3 is 0 Å². The van der Waals surface area contributed by atoms with Crippen LogP contribution >= 0.6 is 0 Å². The van der Waals surface area contributed by atoms with Gasteiger partial charge in [-0.15, -0.1) is 0 Å². The van der Waals surface area contributed by atoms with Crippen molar-refractivity contribution in [1.82, 2.24) is 9.55 Å². The Morgan fingerprint density at radius 3 is 2.70 bits per heavy atom. The van der Waals surface area contributed by atoms with Crippen LogP contribution in [0.15, 0.2) is 12.1 Å². The van der Waals surface area contributed by atoms with Crippen molar-refractivity contribution in [2.45, 2.75) is 38.6 Å². The minimum atomic E-state index is 0.934. The average molecular weight is 271 g/mol. The molecule has 0 bridgehead atoms. The van der Waals surface area contributed by atoms with Crippen molar-refractivity contribution in [3.63, 3.8) is 0 Å². The summed E-state index contributed by atoms with van der Waals surface area (Å²) in [7, 11) is 1.74. The van der Waals surface area contributed by atoms with E-state index in [9.17, 15) is 0 Å². The van der Waals surface area contributed by atoms with Crippen LogP contribution in [0.2, 0.25) is 0 Å². The first kappa shape index (κ1) is 12.1. The van der Waals surface area contributed by atoms with Crippen LogP contribution in [0.1, 0.15) is 31.2 Å². The van der Waals surface area contributed by atoms with Crippen LogP contribution in [0.3, 0.4) is 0 Å². The summed E-state index contributed by atoms with van der Waals surface area (Å²) in [5.41, 5.74) is 3.82. The molecule has 1 aromatic carbocycles. The minimum absolute atomic E-state index is 0.934. The van der Waals surface area contributed by atoms with Gasteiger partial charge in [-0.1, -0.05) is 0 Å². The monoisotopic (exact) mass is 271 g/mol. The zero-order valence-corrected chi connectivity index (χ0v) is 12.1. The van der Waals surface area contributed by atoms with Crippen molar-refractivity contribution < 1.29 is 4.74 Å². The lowest BCUT2D eigenvalue weighted by molar-refractivity contribution is 0.414. The molecule has 0 saturated carbocycles. The molecular formula is C16H21N3O. The van der Waals surface area contributed by atoms with Gasteiger partial charge in [-0.3, -0.25) is 0 Å². The fourth-order valence-corrected chi connectivity index (χ4v) is 3.60.